The van der Waals surface area contributed by atoms with Crippen molar-refractivity contribution in [3.05, 3.63) is 70.5 Å². The molecule has 0 amide bonds. The van der Waals surface area contributed by atoms with Crippen LogP contribution in [0.25, 0.3) is 0 Å². The lowest BCUT2D eigenvalue weighted by Crippen LogP contribution is -2.17. The topological polar surface area (TPSA) is 41.1 Å². The average molecular weight is 334 g/mol. The van der Waals surface area contributed by atoms with E-state index < -0.39 is 0 Å². The van der Waals surface area contributed by atoms with Crippen LogP contribution in [-0.4, -0.2) is 5.78 Å². The summed E-state index contributed by atoms with van der Waals surface area (Å²) in [5.41, 5.74) is 7.12. The SMILES string of the molecule is CC(=O)Cc1ccc(NC(Nc2ccccc2C)=C2CCC2)c(C)c1. The molecule has 130 valence electrons. The molecule has 3 heteroatoms. The van der Waals surface area contributed by atoms with Crippen molar-refractivity contribution in [2.24, 2.45) is 0 Å². The van der Waals surface area contributed by atoms with Crippen LogP contribution in [0.1, 0.15) is 42.9 Å². The first kappa shape index (κ1) is 17.3. The van der Waals surface area contributed by atoms with Gasteiger partial charge >= 0.3 is 0 Å². The molecule has 0 aromatic heterocycles. The standard InChI is InChI=1S/C22H26N2O/c1-15-7-4-5-10-20(15)23-22(19-8-6-9-19)24-21-12-11-18(13-16(21)2)14-17(3)25/h4-5,7,10-13,23-24H,6,8-9,14H2,1-3H3. The summed E-state index contributed by atoms with van der Waals surface area (Å²) in [5.74, 6) is 1.29. The second-order valence-corrected chi connectivity index (χ2v) is 6.93. The maximum absolute atomic E-state index is 11.3. The predicted octanol–water partition coefficient (Wildman–Crippen LogP) is 5.35. The number of carbonyl (C=O) groups excluding carboxylic acids is 1. The van der Waals surface area contributed by atoms with E-state index in [4.69, 9.17) is 0 Å². The first-order valence-electron chi connectivity index (χ1n) is 8.93. The highest BCUT2D eigenvalue weighted by Crippen LogP contribution is 2.31. The number of nitrogens with one attached hydrogen (secondary N) is 2. The molecule has 0 atom stereocenters. The molecule has 3 rings (SSSR count). The third-order valence-corrected chi connectivity index (χ3v) is 4.72. The lowest BCUT2D eigenvalue weighted by atomic mass is 9.92. The van der Waals surface area contributed by atoms with E-state index in [0.29, 0.717) is 6.42 Å². The van der Waals surface area contributed by atoms with E-state index >= 15 is 0 Å². The molecule has 0 unspecified atom stereocenters. The number of Topliss-reactive ketones (excluding diaryl/α,β-unsaturated/α-hetero) is 1. The molecule has 2 N–H and O–H groups in total. The molecule has 0 radical (unpaired) electrons. The minimum atomic E-state index is 0.193. The fourth-order valence-corrected chi connectivity index (χ4v) is 3.06. The molecule has 0 spiro atoms. The first-order valence-corrected chi connectivity index (χ1v) is 8.93. The van der Waals surface area contributed by atoms with Crippen LogP contribution < -0.4 is 10.6 Å². The van der Waals surface area contributed by atoms with Crippen LogP contribution in [0.5, 0.6) is 0 Å². The zero-order valence-corrected chi connectivity index (χ0v) is 15.3. The smallest absolute Gasteiger partial charge is 0.134 e. The molecule has 0 aliphatic heterocycles. The van der Waals surface area contributed by atoms with Crippen molar-refractivity contribution in [1.82, 2.24) is 0 Å². The maximum Gasteiger partial charge on any atom is 0.134 e. The molecule has 3 nitrogen and oxygen atoms in total. The number of aryl methyl sites for hydroxylation is 2. The van der Waals surface area contributed by atoms with Gasteiger partial charge in [-0.05, 0) is 74.4 Å². The fraction of sp³-hybridized carbons (Fsp3) is 0.318. The maximum atomic E-state index is 11.3. The number of ketones is 1. The molecule has 2 aromatic rings. The average Bonchev–Trinajstić information content (AvgIpc) is 2.50. The van der Waals surface area contributed by atoms with Crippen molar-refractivity contribution < 1.29 is 4.79 Å². The second kappa shape index (κ2) is 7.56. The van der Waals surface area contributed by atoms with E-state index in [-0.39, 0.29) is 5.78 Å². The molecule has 1 aliphatic carbocycles. The van der Waals surface area contributed by atoms with Gasteiger partial charge in [-0.1, -0.05) is 30.3 Å². The number of hydrogen-bond donors (Lipinski definition) is 2. The Morgan fingerprint density at radius 1 is 0.960 bits per heavy atom. The zero-order valence-electron chi connectivity index (χ0n) is 15.3. The number of para-hydroxylation sites is 1. The highest BCUT2D eigenvalue weighted by atomic mass is 16.1. The molecular weight excluding hydrogens is 308 g/mol. The van der Waals surface area contributed by atoms with Crippen LogP contribution in [0, 0.1) is 13.8 Å². The van der Waals surface area contributed by atoms with Gasteiger partial charge in [0.05, 0.1) is 0 Å². The Bertz CT molecular complexity index is 815. The zero-order chi connectivity index (χ0) is 17.8. The Hall–Kier alpha value is -2.55. The van der Waals surface area contributed by atoms with Crippen LogP contribution >= 0.6 is 0 Å². The molecular formula is C22H26N2O. The Balaban J connectivity index is 1.82. The molecule has 0 heterocycles. The van der Waals surface area contributed by atoms with E-state index in [2.05, 4.69) is 60.9 Å². The summed E-state index contributed by atoms with van der Waals surface area (Å²) in [6, 6.07) is 14.6. The summed E-state index contributed by atoms with van der Waals surface area (Å²) in [4.78, 5) is 11.3. The fourth-order valence-electron chi connectivity index (χ4n) is 3.06. The van der Waals surface area contributed by atoms with Gasteiger partial charge in [0.1, 0.15) is 11.6 Å². The second-order valence-electron chi connectivity index (χ2n) is 6.93. The lowest BCUT2D eigenvalue weighted by molar-refractivity contribution is -0.116. The van der Waals surface area contributed by atoms with E-state index in [1.807, 2.05) is 6.07 Å². The van der Waals surface area contributed by atoms with Crippen LogP contribution in [0.2, 0.25) is 0 Å². The molecule has 0 bridgehead atoms. The van der Waals surface area contributed by atoms with E-state index in [9.17, 15) is 4.79 Å². The summed E-state index contributed by atoms with van der Waals surface area (Å²) in [5, 5.41) is 7.18. The normalized spacial score (nSPS) is 13.2. The van der Waals surface area contributed by atoms with Gasteiger partial charge in [-0.3, -0.25) is 4.79 Å². The van der Waals surface area contributed by atoms with Gasteiger partial charge in [0, 0.05) is 17.8 Å². The Kier molecular flexibility index (Phi) is 5.22. The van der Waals surface area contributed by atoms with Gasteiger partial charge in [0.25, 0.3) is 0 Å². The molecule has 25 heavy (non-hydrogen) atoms. The summed E-state index contributed by atoms with van der Waals surface area (Å²) < 4.78 is 0. The molecule has 2 aromatic carbocycles. The van der Waals surface area contributed by atoms with Gasteiger partial charge in [0.15, 0.2) is 0 Å². The van der Waals surface area contributed by atoms with Crippen LogP contribution in [0.3, 0.4) is 0 Å². The molecule has 1 saturated carbocycles. The third-order valence-electron chi connectivity index (χ3n) is 4.72. The quantitative estimate of drug-likeness (QED) is 0.748. The van der Waals surface area contributed by atoms with Crippen LogP contribution in [0.4, 0.5) is 11.4 Å². The van der Waals surface area contributed by atoms with E-state index in [1.54, 1.807) is 6.92 Å². The van der Waals surface area contributed by atoms with E-state index in [1.165, 1.54) is 17.6 Å². The van der Waals surface area contributed by atoms with Gasteiger partial charge in [-0.15, -0.1) is 0 Å². The number of rotatable bonds is 6. The largest absolute Gasteiger partial charge is 0.342 e. The lowest BCUT2D eigenvalue weighted by Gasteiger charge is -2.25. The van der Waals surface area contributed by atoms with Crippen molar-refractivity contribution in [2.45, 2.75) is 46.5 Å². The predicted molar refractivity (Wildman–Crippen MR) is 105 cm³/mol. The summed E-state index contributed by atoms with van der Waals surface area (Å²) in [7, 11) is 0. The Morgan fingerprint density at radius 3 is 2.20 bits per heavy atom. The van der Waals surface area contributed by atoms with Crippen LogP contribution in [0.15, 0.2) is 53.9 Å². The van der Waals surface area contributed by atoms with Gasteiger partial charge in [-0.25, -0.2) is 0 Å². The summed E-state index contributed by atoms with van der Waals surface area (Å²) >= 11 is 0. The van der Waals surface area contributed by atoms with Gasteiger partial charge in [0.2, 0.25) is 0 Å². The Labute approximate surface area is 150 Å². The molecule has 0 saturated heterocycles. The van der Waals surface area contributed by atoms with Gasteiger partial charge in [-0.2, -0.15) is 0 Å². The number of hydrogen-bond acceptors (Lipinski definition) is 3. The minimum absolute atomic E-state index is 0.193. The highest BCUT2D eigenvalue weighted by Gasteiger charge is 2.16. The molecule has 1 aliphatic rings. The van der Waals surface area contributed by atoms with Gasteiger partial charge < -0.3 is 10.6 Å². The van der Waals surface area contributed by atoms with E-state index in [0.717, 1.165) is 41.2 Å². The summed E-state index contributed by atoms with van der Waals surface area (Å²) in [6.07, 6.45) is 4.04. The number of benzene rings is 2. The third kappa shape index (κ3) is 4.30. The van der Waals surface area contributed by atoms with Crippen molar-refractivity contribution in [1.29, 1.82) is 0 Å². The Morgan fingerprint density at radius 2 is 1.64 bits per heavy atom. The van der Waals surface area contributed by atoms with Crippen molar-refractivity contribution in [2.75, 3.05) is 10.6 Å². The van der Waals surface area contributed by atoms with Crippen molar-refractivity contribution >= 4 is 17.2 Å². The number of allylic oxidation sites excluding steroid dienone is 1. The minimum Gasteiger partial charge on any atom is -0.342 e. The monoisotopic (exact) mass is 334 g/mol. The molecule has 1 fully saturated rings. The van der Waals surface area contributed by atoms with Crippen molar-refractivity contribution in [3.8, 4) is 0 Å². The van der Waals surface area contributed by atoms with Crippen LogP contribution in [-0.2, 0) is 11.2 Å². The first-order chi connectivity index (χ1) is 12.0. The number of carbonyl (C=O) groups is 1. The number of anilines is 2. The highest BCUT2D eigenvalue weighted by molar-refractivity contribution is 5.78. The summed E-state index contributed by atoms with van der Waals surface area (Å²) in [6.45, 7) is 5.84. The van der Waals surface area contributed by atoms with Crippen molar-refractivity contribution in [3.63, 3.8) is 0 Å².